The first-order valence-electron chi connectivity index (χ1n) is 29.8. The zero-order valence-electron chi connectivity index (χ0n) is 50.5. The lowest BCUT2D eigenvalue weighted by Crippen LogP contribution is -2.62. The molecule has 7 heteroatoms. The highest BCUT2D eigenvalue weighted by molar-refractivity contribution is 7.02. The van der Waals surface area contributed by atoms with E-state index in [4.69, 9.17) is 8.83 Å². The van der Waals surface area contributed by atoms with Crippen molar-refractivity contribution in [3.63, 3.8) is 0 Å². The van der Waals surface area contributed by atoms with Crippen molar-refractivity contribution in [3.05, 3.63) is 241 Å². The highest BCUT2D eigenvalue weighted by Gasteiger charge is 2.48. The second kappa shape index (κ2) is 19.4. The number of hydrogen-bond donors (Lipinski definition) is 0. The van der Waals surface area contributed by atoms with E-state index in [-0.39, 0.29) is 23.0 Å². The van der Waals surface area contributed by atoms with Crippen LogP contribution in [0.3, 0.4) is 0 Å². The first-order valence-corrected chi connectivity index (χ1v) is 32.8. The van der Waals surface area contributed by atoms with Crippen LogP contribution in [-0.4, -0.2) is 14.8 Å². The summed E-state index contributed by atoms with van der Waals surface area (Å²) in [5, 5.41) is 5.99. The summed E-state index contributed by atoms with van der Waals surface area (Å²) < 4.78 is 14.4. The summed E-state index contributed by atoms with van der Waals surface area (Å²) in [6.45, 7) is 27.6. The molecule has 0 N–H and O–H groups in total. The fourth-order valence-electron chi connectivity index (χ4n) is 13.2. The van der Waals surface area contributed by atoms with Crippen LogP contribution >= 0.6 is 0 Å². The number of rotatable bonds is 8. The number of anilines is 9. The normalized spacial score (nSPS) is 13.4. The summed E-state index contributed by atoms with van der Waals surface area (Å²) >= 11 is 0. The molecule has 0 spiro atoms. The van der Waals surface area contributed by atoms with Crippen molar-refractivity contribution < 1.29 is 8.83 Å². The number of fused-ring (bicyclic) bond motifs is 9. The summed E-state index contributed by atoms with van der Waals surface area (Å²) in [4.78, 5) is 7.63. The van der Waals surface area contributed by atoms with Crippen LogP contribution in [0.5, 0.6) is 0 Å². The topological polar surface area (TPSA) is 36.0 Å². The first kappa shape index (κ1) is 53.2. The molecule has 0 aliphatic carbocycles. The van der Waals surface area contributed by atoms with Crippen molar-refractivity contribution in [1.82, 2.24) is 0 Å². The summed E-state index contributed by atoms with van der Waals surface area (Å²) in [6.07, 6.45) is 0. The fourth-order valence-corrected chi connectivity index (χ4v) is 15.5. The quantitative estimate of drug-likeness (QED) is 0.142. The maximum absolute atomic E-state index is 7.57. The van der Waals surface area contributed by atoms with Crippen LogP contribution in [0.1, 0.15) is 84.6 Å². The Hall–Kier alpha value is -8.78. The third-order valence-electron chi connectivity index (χ3n) is 18.1. The van der Waals surface area contributed by atoms with Gasteiger partial charge in [-0.2, -0.15) is 0 Å². The lowest BCUT2D eigenvalue weighted by atomic mass is 9.35. The molecule has 84 heavy (non-hydrogen) atoms. The summed E-state index contributed by atoms with van der Waals surface area (Å²) in [7, 11) is -2.49. The molecule has 0 saturated carbocycles. The molecule has 2 aromatic heterocycles. The molecule has 2 aliphatic heterocycles. The fraction of sp³-hybridized carbons (Fsp3) is 0.195. The van der Waals surface area contributed by atoms with Gasteiger partial charge in [0, 0.05) is 50.5 Å². The highest BCUT2D eigenvalue weighted by atomic mass is 28.3. The van der Waals surface area contributed by atoms with E-state index in [1.165, 1.54) is 49.2 Å². The van der Waals surface area contributed by atoms with Crippen molar-refractivity contribution in [1.29, 1.82) is 0 Å². The number of furan rings is 2. The lowest BCUT2D eigenvalue weighted by molar-refractivity contribution is 0.590. The van der Waals surface area contributed by atoms with Crippen molar-refractivity contribution in [3.8, 4) is 11.1 Å². The van der Waals surface area contributed by atoms with Crippen LogP contribution < -0.4 is 41.7 Å². The Labute approximate surface area is 496 Å². The molecular weight excluding hydrogens is 1040 g/mol. The molecule has 12 aromatic rings. The standard InChI is InChI=1S/C77H72BN3O2Si/c1-49-29-41-57(42-30-49)84(11,12)58-47-66-72-67(48-58)81(64-26-20-28-70-71(64)60-24-17-19-27-68(60)82-70)65-46-56(79(54-36-31-51(32-37-54)75(2,3)4)63-25-18-16-23-59(63)50-21-14-13-15-22-50)40-43-62(65)78(72)74-73(61-45-53(77(8,9)10)35-44-69(61)83-74)80(66)55-38-33-52(34-39-55)76(5,6)7/h13-48H,1-12H3. The van der Waals surface area contributed by atoms with Gasteiger partial charge >= 0.3 is 0 Å². The van der Waals surface area contributed by atoms with Gasteiger partial charge in [-0.1, -0.05) is 225 Å². The molecule has 0 amide bonds. The summed E-state index contributed by atoms with van der Waals surface area (Å²) in [6, 6.07) is 81.9. The zero-order valence-corrected chi connectivity index (χ0v) is 51.5. The number of aryl methyl sites for hydroxylation is 1. The van der Waals surface area contributed by atoms with Gasteiger partial charge in [-0.05, 0) is 141 Å². The van der Waals surface area contributed by atoms with Gasteiger partial charge in [-0.25, -0.2) is 0 Å². The van der Waals surface area contributed by atoms with Crippen molar-refractivity contribution >= 4 is 126 Å². The van der Waals surface area contributed by atoms with E-state index in [2.05, 4.69) is 315 Å². The number of nitrogens with zero attached hydrogens (tertiary/aromatic N) is 3. The van der Waals surface area contributed by atoms with E-state index in [9.17, 15) is 0 Å². The molecule has 10 aromatic carbocycles. The van der Waals surface area contributed by atoms with Gasteiger partial charge in [-0.15, -0.1) is 0 Å². The smallest absolute Gasteiger partial charge is 0.297 e. The molecule has 5 nitrogen and oxygen atoms in total. The van der Waals surface area contributed by atoms with Crippen LogP contribution in [-0.2, 0) is 16.2 Å². The summed E-state index contributed by atoms with van der Waals surface area (Å²) in [5.41, 5.74) is 23.0. The van der Waals surface area contributed by atoms with Crippen LogP contribution in [0.4, 0.5) is 51.2 Å². The monoisotopic (exact) mass is 1110 g/mol. The van der Waals surface area contributed by atoms with E-state index < -0.39 is 8.07 Å². The van der Waals surface area contributed by atoms with Crippen LogP contribution in [0.25, 0.3) is 44.0 Å². The van der Waals surface area contributed by atoms with Crippen molar-refractivity contribution in [2.45, 2.75) is 98.6 Å². The van der Waals surface area contributed by atoms with Gasteiger partial charge in [0.2, 0.25) is 0 Å². The second-order valence-corrected chi connectivity index (χ2v) is 31.5. The molecular formula is C77H72BN3O2Si. The van der Waals surface area contributed by atoms with Crippen molar-refractivity contribution in [2.24, 2.45) is 0 Å². The van der Waals surface area contributed by atoms with Crippen LogP contribution in [0.2, 0.25) is 13.1 Å². The van der Waals surface area contributed by atoms with Gasteiger partial charge in [0.25, 0.3) is 6.71 Å². The molecule has 0 fully saturated rings. The molecule has 4 heterocycles. The Kier molecular flexibility index (Phi) is 12.3. The maximum atomic E-state index is 7.57. The minimum atomic E-state index is -2.49. The second-order valence-electron chi connectivity index (χ2n) is 27.1. The molecule has 14 rings (SSSR count). The van der Waals surface area contributed by atoms with Gasteiger partial charge in [0.15, 0.2) is 0 Å². The highest BCUT2D eigenvalue weighted by Crippen LogP contribution is 2.51. The van der Waals surface area contributed by atoms with Gasteiger partial charge in [0.1, 0.15) is 24.8 Å². The molecule has 414 valence electrons. The van der Waals surface area contributed by atoms with E-state index in [1.807, 2.05) is 0 Å². The Morgan fingerprint density at radius 3 is 1.74 bits per heavy atom. The van der Waals surface area contributed by atoms with Gasteiger partial charge in [-0.3, -0.25) is 0 Å². The first-order chi connectivity index (χ1) is 40.2. The van der Waals surface area contributed by atoms with Crippen LogP contribution in [0, 0.1) is 6.92 Å². The minimum Gasteiger partial charge on any atom is -0.468 e. The predicted octanol–water partition coefficient (Wildman–Crippen LogP) is 18.6. The average molecular weight is 1110 g/mol. The van der Waals surface area contributed by atoms with Gasteiger partial charge in [0.05, 0.1) is 28.1 Å². The predicted molar refractivity (Wildman–Crippen MR) is 362 cm³/mol. The van der Waals surface area contributed by atoms with Gasteiger partial charge < -0.3 is 23.5 Å². The van der Waals surface area contributed by atoms with Crippen LogP contribution in [0.15, 0.2) is 227 Å². The Morgan fingerprint density at radius 1 is 0.440 bits per heavy atom. The number of para-hydroxylation sites is 2. The molecule has 0 bridgehead atoms. The van der Waals surface area contributed by atoms with E-state index in [1.54, 1.807) is 0 Å². The Bertz CT molecular complexity index is 4530. The van der Waals surface area contributed by atoms with E-state index in [0.717, 1.165) is 95.2 Å². The zero-order chi connectivity index (χ0) is 58.2. The lowest BCUT2D eigenvalue weighted by Gasteiger charge is -2.44. The Balaban J connectivity index is 1.12. The largest absolute Gasteiger partial charge is 0.468 e. The maximum Gasteiger partial charge on any atom is 0.297 e. The third-order valence-corrected chi connectivity index (χ3v) is 21.6. The minimum absolute atomic E-state index is 0.0207. The number of hydrogen-bond acceptors (Lipinski definition) is 5. The van der Waals surface area contributed by atoms with Crippen molar-refractivity contribution in [2.75, 3.05) is 14.7 Å². The summed E-state index contributed by atoms with van der Waals surface area (Å²) in [5.74, 6) is 0. The Morgan fingerprint density at radius 2 is 1.04 bits per heavy atom. The molecule has 0 unspecified atom stereocenters. The van der Waals surface area contributed by atoms with E-state index in [0.29, 0.717) is 0 Å². The third kappa shape index (κ3) is 8.72. The molecule has 0 saturated heterocycles. The molecule has 0 atom stereocenters. The number of benzene rings is 10. The molecule has 0 radical (unpaired) electrons. The SMILES string of the molecule is Cc1ccc([Si](C)(C)c2cc3c4c(c2)N(c2cccc5oc6ccccc6c25)c2cc(N(c5ccc(C(C)(C)C)cc5)c5ccccc5-c5ccccc5)ccc2B4c2oc4ccc(C(C)(C)C)cc4c2N3c2ccc(C(C)(C)C)cc2)cc1. The average Bonchev–Trinajstić information content (AvgIpc) is 1.33. The van der Waals surface area contributed by atoms with E-state index >= 15 is 0 Å². The molecule has 2 aliphatic rings.